The highest BCUT2D eigenvalue weighted by Gasteiger charge is 2.34. The number of hydrogen-bond acceptors (Lipinski definition) is 6. The minimum absolute atomic E-state index is 0.00328. The number of hydrogen-bond donors (Lipinski definition) is 1. The van der Waals surface area contributed by atoms with E-state index in [9.17, 15) is 9.59 Å². The zero-order valence-corrected chi connectivity index (χ0v) is 22.5. The van der Waals surface area contributed by atoms with Gasteiger partial charge in [-0.1, -0.05) is 54.6 Å². The van der Waals surface area contributed by atoms with E-state index in [1.54, 1.807) is 42.5 Å². The van der Waals surface area contributed by atoms with Crippen molar-refractivity contribution in [3.05, 3.63) is 120 Å². The minimum Gasteiger partial charge on any atom is -0.490 e. The monoisotopic (exact) mass is 550 g/mol. The number of nitrogens with one attached hydrogen (secondary N) is 1. The number of para-hydroxylation sites is 1. The van der Waals surface area contributed by atoms with Crippen molar-refractivity contribution in [3.8, 4) is 23.0 Å². The molecule has 1 N–H and O–H groups in total. The number of benzene rings is 4. The number of ether oxygens (including phenoxy) is 3. The van der Waals surface area contributed by atoms with Gasteiger partial charge in [0, 0.05) is 0 Å². The number of carbonyl (C=O) groups excluding carboxylic acids is 2. The number of thiocarbonyl (C=S) groups is 1. The van der Waals surface area contributed by atoms with Crippen molar-refractivity contribution >= 4 is 40.9 Å². The summed E-state index contributed by atoms with van der Waals surface area (Å²) < 4.78 is 17.6. The van der Waals surface area contributed by atoms with Crippen LogP contribution in [-0.4, -0.2) is 23.5 Å². The smallest absolute Gasteiger partial charge is 0.270 e. The lowest BCUT2D eigenvalue weighted by atomic mass is 10.1. The van der Waals surface area contributed by atoms with Crippen molar-refractivity contribution in [2.45, 2.75) is 13.5 Å². The third-order valence-corrected chi connectivity index (χ3v) is 6.28. The summed E-state index contributed by atoms with van der Waals surface area (Å²) in [7, 11) is 0. The number of carbonyl (C=O) groups is 2. The third kappa shape index (κ3) is 6.19. The standard InChI is InChI=1S/C32H26N2O5S/c1-2-37-29-20-23(13-18-28(29)38-21-22-9-5-3-6-10-22)19-27-30(35)33-32(40)34(31(27)36)24-14-16-26(17-15-24)39-25-11-7-4-8-12-25/h3-20H,2,21H2,1H3,(H,33,35,40)/b27-19+. The molecule has 200 valence electrons. The van der Waals surface area contributed by atoms with Crippen LogP contribution in [0.3, 0.4) is 0 Å². The lowest BCUT2D eigenvalue weighted by Gasteiger charge is -2.29. The fraction of sp³-hybridized carbons (Fsp3) is 0.0938. The Bertz CT molecular complexity index is 1550. The van der Waals surface area contributed by atoms with Crippen LogP contribution in [0.15, 0.2) is 109 Å². The Morgan fingerprint density at radius 3 is 2.17 bits per heavy atom. The predicted octanol–water partition coefficient (Wildman–Crippen LogP) is 6.29. The van der Waals surface area contributed by atoms with Crippen LogP contribution in [0.25, 0.3) is 6.08 Å². The zero-order chi connectivity index (χ0) is 27.9. The van der Waals surface area contributed by atoms with Gasteiger partial charge in [0.2, 0.25) is 0 Å². The molecule has 8 heteroatoms. The van der Waals surface area contributed by atoms with E-state index < -0.39 is 11.8 Å². The molecule has 0 spiro atoms. The lowest BCUT2D eigenvalue weighted by molar-refractivity contribution is -0.122. The number of nitrogens with zero attached hydrogens (tertiary/aromatic N) is 1. The molecule has 2 amide bonds. The van der Waals surface area contributed by atoms with E-state index in [1.807, 2.05) is 67.6 Å². The molecule has 1 aliphatic rings. The maximum atomic E-state index is 13.5. The molecule has 1 aliphatic heterocycles. The molecule has 0 saturated carbocycles. The van der Waals surface area contributed by atoms with Crippen LogP contribution in [0.2, 0.25) is 0 Å². The van der Waals surface area contributed by atoms with Crippen LogP contribution in [-0.2, 0) is 16.2 Å². The summed E-state index contributed by atoms with van der Waals surface area (Å²) in [4.78, 5) is 27.6. The Balaban J connectivity index is 1.36. The van der Waals surface area contributed by atoms with Gasteiger partial charge in [0.1, 0.15) is 23.7 Å². The second-order valence-corrected chi connectivity index (χ2v) is 9.17. The summed E-state index contributed by atoms with van der Waals surface area (Å²) in [6.45, 7) is 2.68. The van der Waals surface area contributed by atoms with E-state index in [2.05, 4.69) is 5.32 Å². The molecule has 1 heterocycles. The fourth-order valence-corrected chi connectivity index (χ4v) is 4.36. The van der Waals surface area contributed by atoms with Crippen molar-refractivity contribution < 1.29 is 23.8 Å². The summed E-state index contributed by atoms with van der Waals surface area (Å²) in [6.07, 6.45) is 1.52. The highest BCUT2D eigenvalue weighted by molar-refractivity contribution is 7.80. The molecule has 7 nitrogen and oxygen atoms in total. The lowest BCUT2D eigenvalue weighted by Crippen LogP contribution is -2.54. The van der Waals surface area contributed by atoms with Crippen LogP contribution >= 0.6 is 12.2 Å². The summed E-state index contributed by atoms with van der Waals surface area (Å²) in [5.41, 5.74) is 2.07. The molecule has 0 bridgehead atoms. The molecular formula is C32H26N2O5S. The van der Waals surface area contributed by atoms with E-state index >= 15 is 0 Å². The van der Waals surface area contributed by atoms with Gasteiger partial charge in [0.25, 0.3) is 11.8 Å². The molecule has 0 atom stereocenters. The Morgan fingerprint density at radius 1 is 0.800 bits per heavy atom. The third-order valence-electron chi connectivity index (χ3n) is 5.99. The average Bonchev–Trinajstić information content (AvgIpc) is 2.97. The quantitative estimate of drug-likeness (QED) is 0.150. The molecule has 0 aliphatic carbocycles. The van der Waals surface area contributed by atoms with Crippen molar-refractivity contribution in [2.24, 2.45) is 0 Å². The molecule has 0 unspecified atom stereocenters. The van der Waals surface area contributed by atoms with Gasteiger partial charge >= 0.3 is 0 Å². The Labute approximate surface area is 237 Å². The van der Waals surface area contributed by atoms with Gasteiger partial charge in [0.15, 0.2) is 16.6 Å². The average molecular weight is 551 g/mol. The molecule has 4 aromatic rings. The summed E-state index contributed by atoms with van der Waals surface area (Å²) in [5.74, 6) is 1.26. The zero-order valence-electron chi connectivity index (χ0n) is 21.7. The van der Waals surface area contributed by atoms with Gasteiger partial charge in [-0.3, -0.25) is 19.8 Å². The molecule has 0 aromatic heterocycles. The largest absolute Gasteiger partial charge is 0.490 e. The maximum Gasteiger partial charge on any atom is 0.270 e. The highest BCUT2D eigenvalue weighted by Crippen LogP contribution is 2.31. The van der Waals surface area contributed by atoms with Crippen molar-refractivity contribution in [3.63, 3.8) is 0 Å². The number of rotatable bonds is 9. The highest BCUT2D eigenvalue weighted by atomic mass is 32.1. The SMILES string of the molecule is CCOc1cc(/C=C2\C(=O)NC(=S)N(c3ccc(Oc4ccccc4)cc3)C2=O)ccc1OCc1ccccc1. The molecule has 4 aromatic carbocycles. The molecule has 1 fully saturated rings. The Morgan fingerprint density at radius 2 is 1.48 bits per heavy atom. The normalized spacial score (nSPS) is 14.2. The first-order valence-electron chi connectivity index (χ1n) is 12.7. The number of amides is 2. The van der Waals surface area contributed by atoms with E-state index in [0.29, 0.717) is 47.5 Å². The van der Waals surface area contributed by atoms with E-state index in [0.717, 1.165) is 5.56 Å². The maximum absolute atomic E-state index is 13.5. The van der Waals surface area contributed by atoms with E-state index in [-0.39, 0.29) is 10.7 Å². The molecule has 0 radical (unpaired) electrons. The van der Waals surface area contributed by atoms with Gasteiger partial charge in [-0.15, -0.1) is 0 Å². The second-order valence-electron chi connectivity index (χ2n) is 8.78. The molecule has 40 heavy (non-hydrogen) atoms. The fourth-order valence-electron chi connectivity index (χ4n) is 4.08. The van der Waals surface area contributed by atoms with Gasteiger partial charge in [-0.2, -0.15) is 0 Å². The van der Waals surface area contributed by atoms with Crippen LogP contribution in [0.1, 0.15) is 18.1 Å². The topological polar surface area (TPSA) is 77.1 Å². The van der Waals surface area contributed by atoms with Crippen LogP contribution in [0, 0.1) is 0 Å². The Kier molecular flexibility index (Phi) is 8.18. The predicted molar refractivity (Wildman–Crippen MR) is 158 cm³/mol. The first kappa shape index (κ1) is 26.6. The van der Waals surface area contributed by atoms with Crippen LogP contribution in [0.5, 0.6) is 23.0 Å². The van der Waals surface area contributed by atoms with Crippen molar-refractivity contribution in [1.29, 1.82) is 0 Å². The minimum atomic E-state index is -0.572. The van der Waals surface area contributed by atoms with Gasteiger partial charge in [-0.25, -0.2) is 0 Å². The van der Waals surface area contributed by atoms with Crippen molar-refractivity contribution in [1.82, 2.24) is 5.32 Å². The van der Waals surface area contributed by atoms with Gasteiger partial charge < -0.3 is 14.2 Å². The molecule has 5 rings (SSSR count). The Hall–Kier alpha value is -4.95. The number of anilines is 1. The summed E-state index contributed by atoms with van der Waals surface area (Å²) in [5, 5.41) is 2.62. The first-order valence-corrected chi connectivity index (χ1v) is 13.1. The van der Waals surface area contributed by atoms with Gasteiger partial charge in [0.05, 0.1) is 12.3 Å². The summed E-state index contributed by atoms with van der Waals surface area (Å²) >= 11 is 5.34. The molecule has 1 saturated heterocycles. The molecular weight excluding hydrogens is 524 g/mol. The van der Waals surface area contributed by atoms with Crippen molar-refractivity contribution in [2.75, 3.05) is 11.5 Å². The first-order chi connectivity index (χ1) is 19.5. The van der Waals surface area contributed by atoms with Gasteiger partial charge in [-0.05, 0) is 84.9 Å². The van der Waals surface area contributed by atoms with Crippen LogP contribution in [0.4, 0.5) is 5.69 Å². The van der Waals surface area contributed by atoms with E-state index in [4.69, 9.17) is 26.4 Å². The van der Waals surface area contributed by atoms with Crippen LogP contribution < -0.4 is 24.4 Å². The summed E-state index contributed by atoms with van der Waals surface area (Å²) in [6, 6.07) is 31.3. The second kappa shape index (κ2) is 12.3. The van der Waals surface area contributed by atoms with E-state index in [1.165, 1.54) is 11.0 Å².